The van der Waals surface area contributed by atoms with Gasteiger partial charge in [0.15, 0.2) is 17.3 Å². The Bertz CT molecular complexity index is 976. The number of hydrogen-bond acceptors (Lipinski definition) is 7. The highest BCUT2D eigenvalue weighted by Gasteiger charge is 2.30. The highest BCUT2D eigenvalue weighted by Crippen LogP contribution is 2.41. The van der Waals surface area contributed by atoms with Crippen molar-refractivity contribution in [2.45, 2.75) is 18.8 Å². The normalized spacial score (nSPS) is 15.7. The number of fused-ring (bicyclic) bond motifs is 1. The van der Waals surface area contributed by atoms with E-state index in [2.05, 4.69) is 15.5 Å². The van der Waals surface area contributed by atoms with Crippen LogP contribution in [-0.2, 0) is 0 Å². The summed E-state index contributed by atoms with van der Waals surface area (Å²) >= 11 is 1.45. The molecule has 7 nitrogen and oxygen atoms in total. The van der Waals surface area contributed by atoms with E-state index in [-0.39, 0.29) is 5.91 Å². The monoisotopic (exact) mass is 369 g/mol. The summed E-state index contributed by atoms with van der Waals surface area (Å²) in [6, 6.07) is 7.11. The van der Waals surface area contributed by atoms with Crippen molar-refractivity contribution in [3.8, 4) is 22.3 Å². The van der Waals surface area contributed by atoms with Gasteiger partial charge >= 0.3 is 0 Å². The Hall–Kier alpha value is -2.87. The van der Waals surface area contributed by atoms with Gasteiger partial charge in [-0.2, -0.15) is 4.98 Å². The maximum atomic E-state index is 12.8. The maximum Gasteiger partial charge on any atom is 0.270 e. The largest absolute Gasteiger partial charge is 0.486 e. The number of hydrogen-bond donors (Lipinski definition) is 1. The predicted octanol–water partition coefficient (Wildman–Crippen LogP) is 3.70. The van der Waals surface area contributed by atoms with Crippen molar-refractivity contribution in [3.63, 3.8) is 0 Å². The number of carbonyl (C=O) groups is 1. The molecule has 26 heavy (non-hydrogen) atoms. The lowest BCUT2D eigenvalue weighted by Crippen LogP contribution is -2.20. The smallest absolute Gasteiger partial charge is 0.270 e. The summed E-state index contributed by atoms with van der Waals surface area (Å²) in [5, 5.41) is 8.84. The van der Waals surface area contributed by atoms with Crippen LogP contribution < -0.4 is 14.8 Å². The second-order valence-corrected chi connectivity index (χ2v) is 7.10. The Morgan fingerprint density at radius 2 is 2.08 bits per heavy atom. The lowest BCUT2D eigenvalue weighted by atomic mass is 10.1. The summed E-state index contributed by atoms with van der Waals surface area (Å²) in [7, 11) is 0. The van der Waals surface area contributed by atoms with Gasteiger partial charge in [-0.25, -0.2) is 0 Å². The summed E-state index contributed by atoms with van der Waals surface area (Å²) in [4.78, 5) is 18.0. The summed E-state index contributed by atoms with van der Waals surface area (Å²) in [6.07, 6.45) is 2.21. The van der Waals surface area contributed by atoms with Gasteiger partial charge in [0.2, 0.25) is 0 Å². The molecular weight excluding hydrogens is 354 g/mol. The topological polar surface area (TPSA) is 86.5 Å². The van der Waals surface area contributed by atoms with E-state index in [1.54, 1.807) is 18.2 Å². The molecule has 1 fully saturated rings. The quantitative estimate of drug-likeness (QED) is 0.755. The summed E-state index contributed by atoms with van der Waals surface area (Å²) in [6.45, 7) is 0.903. The van der Waals surface area contributed by atoms with E-state index >= 15 is 0 Å². The van der Waals surface area contributed by atoms with Crippen LogP contribution in [0, 0.1) is 0 Å². The van der Waals surface area contributed by atoms with Gasteiger partial charge in [0.05, 0.1) is 11.3 Å². The maximum absolute atomic E-state index is 12.8. The average molecular weight is 369 g/mol. The van der Waals surface area contributed by atoms with Gasteiger partial charge in [0.25, 0.3) is 11.8 Å². The Labute approximate surface area is 152 Å². The predicted molar refractivity (Wildman–Crippen MR) is 95.0 cm³/mol. The molecule has 3 aromatic rings. The van der Waals surface area contributed by atoms with E-state index in [1.165, 1.54) is 11.3 Å². The first-order valence-corrected chi connectivity index (χ1v) is 9.29. The van der Waals surface area contributed by atoms with Crippen LogP contribution in [0.4, 0.5) is 5.69 Å². The molecule has 0 unspecified atom stereocenters. The molecule has 1 saturated carbocycles. The second-order valence-electron chi connectivity index (χ2n) is 6.18. The van der Waals surface area contributed by atoms with Gasteiger partial charge in [-0.3, -0.25) is 4.79 Å². The standard InChI is InChI=1S/C18H15N3O4S/c22-17(11-2-1-3-13-14(11)24-8-7-23-13)19-12-6-9-26-15(12)18-20-16(21-25-18)10-4-5-10/h1-3,6,9-10H,4-5,7-8H2,(H,19,22). The Kier molecular flexibility index (Phi) is 3.63. The molecule has 1 aliphatic carbocycles. The van der Waals surface area contributed by atoms with Gasteiger partial charge in [-0.05, 0) is 36.4 Å². The van der Waals surface area contributed by atoms with Crippen LogP contribution in [0.5, 0.6) is 11.5 Å². The fraction of sp³-hybridized carbons (Fsp3) is 0.278. The Balaban J connectivity index is 1.42. The van der Waals surface area contributed by atoms with E-state index < -0.39 is 0 Å². The second kappa shape index (κ2) is 6.14. The van der Waals surface area contributed by atoms with E-state index in [9.17, 15) is 4.79 Å². The van der Waals surface area contributed by atoms with Crippen LogP contribution >= 0.6 is 11.3 Å². The molecule has 0 radical (unpaired) electrons. The molecule has 1 aliphatic heterocycles. The molecule has 1 amide bonds. The van der Waals surface area contributed by atoms with Gasteiger partial charge in [0.1, 0.15) is 18.1 Å². The number of nitrogens with zero attached hydrogens (tertiary/aromatic N) is 2. The third-order valence-electron chi connectivity index (χ3n) is 4.30. The number of para-hydroxylation sites is 1. The first kappa shape index (κ1) is 15.4. The molecule has 1 aromatic carbocycles. The number of anilines is 1. The summed E-state index contributed by atoms with van der Waals surface area (Å²) < 4.78 is 16.5. The molecular formula is C18H15N3O4S. The molecule has 3 heterocycles. The molecule has 0 saturated heterocycles. The highest BCUT2D eigenvalue weighted by molar-refractivity contribution is 7.14. The van der Waals surface area contributed by atoms with Crippen LogP contribution in [0.3, 0.4) is 0 Å². The fourth-order valence-electron chi connectivity index (χ4n) is 2.85. The van der Waals surface area contributed by atoms with Crippen molar-refractivity contribution in [3.05, 3.63) is 41.0 Å². The molecule has 2 aromatic heterocycles. The third kappa shape index (κ3) is 2.72. The minimum atomic E-state index is -0.270. The molecule has 0 spiro atoms. The molecule has 5 rings (SSSR count). The van der Waals surface area contributed by atoms with Crippen LogP contribution in [0.1, 0.15) is 34.9 Å². The van der Waals surface area contributed by atoms with Gasteiger partial charge in [-0.1, -0.05) is 11.2 Å². The number of rotatable bonds is 4. The number of nitrogens with one attached hydrogen (secondary N) is 1. The lowest BCUT2D eigenvalue weighted by Gasteiger charge is -2.20. The van der Waals surface area contributed by atoms with Crippen molar-refractivity contribution in [2.75, 3.05) is 18.5 Å². The van der Waals surface area contributed by atoms with Crippen molar-refractivity contribution in [1.82, 2.24) is 10.1 Å². The fourth-order valence-corrected chi connectivity index (χ4v) is 3.62. The van der Waals surface area contributed by atoms with E-state index in [0.717, 1.165) is 23.5 Å². The Morgan fingerprint density at radius 3 is 2.96 bits per heavy atom. The zero-order valence-corrected chi connectivity index (χ0v) is 14.5. The van der Waals surface area contributed by atoms with E-state index in [4.69, 9.17) is 14.0 Å². The van der Waals surface area contributed by atoms with Crippen LogP contribution in [-0.4, -0.2) is 29.3 Å². The van der Waals surface area contributed by atoms with Gasteiger partial charge in [-0.15, -0.1) is 11.3 Å². The number of benzene rings is 1. The zero-order valence-electron chi connectivity index (χ0n) is 13.7. The van der Waals surface area contributed by atoms with E-state index in [1.807, 2.05) is 11.4 Å². The molecule has 132 valence electrons. The van der Waals surface area contributed by atoms with Gasteiger partial charge in [0, 0.05) is 5.92 Å². The molecule has 1 N–H and O–H groups in total. The first-order valence-electron chi connectivity index (χ1n) is 8.41. The molecule has 8 heteroatoms. The number of ether oxygens (including phenoxy) is 2. The van der Waals surface area contributed by atoms with Crippen molar-refractivity contribution < 1.29 is 18.8 Å². The van der Waals surface area contributed by atoms with Crippen LogP contribution in [0.15, 0.2) is 34.2 Å². The van der Waals surface area contributed by atoms with Crippen molar-refractivity contribution >= 4 is 22.9 Å². The summed E-state index contributed by atoms with van der Waals surface area (Å²) in [5.74, 6) is 2.38. The minimum Gasteiger partial charge on any atom is -0.486 e. The number of carbonyl (C=O) groups excluding carboxylic acids is 1. The number of amides is 1. The van der Waals surface area contributed by atoms with E-state index in [0.29, 0.717) is 47.8 Å². The molecule has 2 aliphatic rings. The lowest BCUT2D eigenvalue weighted by molar-refractivity contribution is 0.101. The molecule has 0 bridgehead atoms. The summed E-state index contributed by atoms with van der Waals surface area (Å²) in [5.41, 5.74) is 1.07. The average Bonchev–Trinajstić information content (AvgIpc) is 3.22. The van der Waals surface area contributed by atoms with Crippen LogP contribution in [0.2, 0.25) is 0 Å². The third-order valence-corrected chi connectivity index (χ3v) is 5.21. The SMILES string of the molecule is O=C(Nc1ccsc1-c1nc(C2CC2)no1)c1cccc2c1OCCO2. The molecule has 0 atom stereocenters. The van der Waals surface area contributed by atoms with Crippen molar-refractivity contribution in [2.24, 2.45) is 0 Å². The highest BCUT2D eigenvalue weighted by atomic mass is 32.1. The number of aromatic nitrogens is 2. The minimum absolute atomic E-state index is 0.270. The zero-order chi connectivity index (χ0) is 17.5. The Morgan fingerprint density at radius 1 is 1.19 bits per heavy atom. The number of thiophene rings is 1. The van der Waals surface area contributed by atoms with Crippen molar-refractivity contribution in [1.29, 1.82) is 0 Å². The van der Waals surface area contributed by atoms with Gasteiger partial charge < -0.3 is 19.3 Å². The van der Waals surface area contributed by atoms with Crippen LogP contribution in [0.25, 0.3) is 10.8 Å². The first-order chi connectivity index (χ1) is 12.8.